The summed E-state index contributed by atoms with van der Waals surface area (Å²) in [6.07, 6.45) is -1.72. The lowest BCUT2D eigenvalue weighted by Crippen LogP contribution is -2.26. The summed E-state index contributed by atoms with van der Waals surface area (Å²) in [7, 11) is 0. The molecular formula is C11H12N6O4. The lowest BCUT2D eigenvalue weighted by molar-refractivity contribution is -0.0489. The minimum absolute atomic E-state index is 0.0426. The minimum Gasteiger partial charge on any atom is -0.394 e. The van der Waals surface area contributed by atoms with E-state index in [2.05, 4.69) is 15.0 Å². The van der Waals surface area contributed by atoms with Gasteiger partial charge in [0.25, 0.3) is 5.56 Å². The second kappa shape index (κ2) is 4.81. The summed E-state index contributed by atoms with van der Waals surface area (Å²) in [5.41, 5.74) is 5.15. The predicted octanol–water partition coefficient (Wildman–Crippen LogP) is -1.91. The Morgan fingerprint density at radius 3 is 3.00 bits per heavy atom. The molecule has 1 saturated heterocycles. The Bertz CT molecular complexity index is 777. The van der Waals surface area contributed by atoms with Crippen LogP contribution in [0.5, 0.6) is 0 Å². The van der Waals surface area contributed by atoms with Gasteiger partial charge >= 0.3 is 0 Å². The zero-order chi connectivity index (χ0) is 15.1. The molecule has 2 aromatic rings. The monoisotopic (exact) mass is 292 g/mol. The number of fused-ring (bicyclic) bond motifs is 1. The van der Waals surface area contributed by atoms with Crippen LogP contribution < -0.4 is 11.3 Å². The van der Waals surface area contributed by atoms with Crippen LogP contribution >= 0.6 is 0 Å². The molecule has 0 aliphatic carbocycles. The van der Waals surface area contributed by atoms with Crippen molar-refractivity contribution >= 4 is 17.1 Å². The third-order valence-corrected chi connectivity index (χ3v) is 3.43. The van der Waals surface area contributed by atoms with Gasteiger partial charge in [-0.2, -0.15) is 10.2 Å². The lowest BCUT2D eigenvalue weighted by atomic mass is 10.0. The third kappa shape index (κ3) is 1.95. The number of nitrogens with two attached hydrogens (primary N) is 1. The zero-order valence-electron chi connectivity index (χ0n) is 10.7. The summed E-state index contributed by atoms with van der Waals surface area (Å²) < 4.78 is 6.79. The van der Waals surface area contributed by atoms with Gasteiger partial charge in [0.05, 0.1) is 19.0 Å². The summed E-state index contributed by atoms with van der Waals surface area (Å²) in [5, 5.41) is 28.4. The molecule has 1 aliphatic heterocycles. The number of aromatic nitrogens is 4. The number of nitrogen functional groups attached to an aromatic ring is 1. The number of imidazole rings is 1. The molecule has 0 spiro atoms. The van der Waals surface area contributed by atoms with E-state index < -0.39 is 36.5 Å². The molecule has 0 bridgehead atoms. The number of hydrogen-bond acceptors (Lipinski definition) is 8. The summed E-state index contributed by atoms with van der Waals surface area (Å²) >= 11 is 0. The average Bonchev–Trinajstić information content (AvgIpc) is 2.99. The van der Waals surface area contributed by atoms with Crippen LogP contribution in [0, 0.1) is 17.2 Å². The standard InChI is InChI=1S/C11H12N6O4/c12-1-4-5(2-18)21-10(7(4)19)17-3-14-6-8(17)15-11(13)16-9(6)20/h3-5,7,10,18-19H,2H2,(H3,13,15,16,20)/t4-,5-,7-,10-/m0/s1. The molecule has 5 N–H and O–H groups in total. The van der Waals surface area contributed by atoms with Crippen LogP contribution in [-0.2, 0) is 4.74 Å². The molecule has 3 heterocycles. The predicted molar refractivity (Wildman–Crippen MR) is 68.7 cm³/mol. The van der Waals surface area contributed by atoms with E-state index >= 15 is 0 Å². The number of nitrogens with zero attached hydrogens (tertiary/aromatic N) is 4. The van der Waals surface area contributed by atoms with Crippen LogP contribution in [-0.4, -0.2) is 48.5 Å². The number of aromatic amines is 1. The topological polar surface area (TPSA) is 163 Å². The summed E-state index contributed by atoms with van der Waals surface area (Å²) in [6.45, 7) is -0.408. The number of nitriles is 1. The first kappa shape index (κ1) is 13.5. The van der Waals surface area contributed by atoms with E-state index in [1.807, 2.05) is 6.07 Å². The number of rotatable bonds is 2. The van der Waals surface area contributed by atoms with Crippen LogP contribution in [0.2, 0.25) is 0 Å². The number of hydrogen-bond donors (Lipinski definition) is 4. The Hall–Kier alpha value is -2.48. The number of anilines is 1. The van der Waals surface area contributed by atoms with Crippen molar-refractivity contribution < 1.29 is 14.9 Å². The summed E-state index contributed by atoms with van der Waals surface area (Å²) in [4.78, 5) is 21.9. The fraction of sp³-hybridized carbons (Fsp3) is 0.455. The van der Waals surface area contributed by atoms with Crippen molar-refractivity contribution in [3.63, 3.8) is 0 Å². The Morgan fingerprint density at radius 2 is 2.38 bits per heavy atom. The molecule has 0 radical (unpaired) electrons. The van der Waals surface area contributed by atoms with Gasteiger partial charge in [-0.25, -0.2) is 4.98 Å². The number of nitrogens with one attached hydrogen (secondary N) is 1. The first-order valence-electron chi connectivity index (χ1n) is 6.13. The summed E-state index contributed by atoms with van der Waals surface area (Å²) in [6, 6.07) is 1.90. The highest BCUT2D eigenvalue weighted by atomic mass is 16.5. The molecule has 4 atom stereocenters. The Labute approximate surface area is 117 Å². The van der Waals surface area contributed by atoms with E-state index in [9.17, 15) is 15.0 Å². The van der Waals surface area contributed by atoms with Crippen molar-refractivity contribution in [3.8, 4) is 6.07 Å². The Morgan fingerprint density at radius 1 is 1.62 bits per heavy atom. The van der Waals surface area contributed by atoms with E-state index in [0.717, 1.165) is 0 Å². The van der Waals surface area contributed by atoms with Crippen LogP contribution in [0.4, 0.5) is 5.95 Å². The fourth-order valence-corrected chi connectivity index (χ4v) is 2.42. The van der Waals surface area contributed by atoms with Crippen molar-refractivity contribution in [2.75, 3.05) is 12.3 Å². The van der Waals surface area contributed by atoms with Crippen LogP contribution in [0.1, 0.15) is 6.23 Å². The van der Waals surface area contributed by atoms with Crippen molar-refractivity contribution in [3.05, 3.63) is 16.7 Å². The van der Waals surface area contributed by atoms with Gasteiger partial charge in [-0.1, -0.05) is 0 Å². The highest BCUT2D eigenvalue weighted by Gasteiger charge is 2.45. The average molecular weight is 292 g/mol. The van der Waals surface area contributed by atoms with Gasteiger partial charge < -0.3 is 20.7 Å². The largest absolute Gasteiger partial charge is 0.394 e. The molecular weight excluding hydrogens is 280 g/mol. The molecule has 3 rings (SSSR count). The Kier molecular flexibility index (Phi) is 3.09. The fourth-order valence-electron chi connectivity index (χ4n) is 2.42. The molecule has 2 aromatic heterocycles. The van der Waals surface area contributed by atoms with Gasteiger partial charge in [0, 0.05) is 0 Å². The maximum atomic E-state index is 11.7. The highest BCUT2D eigenvalue weighted by Crippen LogP contribution is 2.34. The smallest absolute Gasteiger partial charge is 0.280 e. The van der Waals surface area contributed by atoms with Crippen LogP contribution in [0.15, 0.2) is 11.1 Å². The van der Waals surface area contributed by atoms with Crippen molar-refractivity contribution in [2.45, 2.75) is 18.4 Å². The first-order valence-corrected chi connectivity index (χ1v) is 6.13. The van der Waals surface area contributed by atoms with Crippen LogP contribution in [0.25, 0.3) is 11.2 Å². The summed E-state index contributed by atoms with van der Waals surface area (Å²) in [5.74, 6) is -0.992. The van der Waals surface area contributed by atoms with Gasteiger partial charge in [0.1, 0.15) is 18.1 Å². The minimum atomic E-state index is -1.19. The van der Waals surface area contributed by atoms with Gasteiger partial charge in [0.2, 0.25) is 5.95 Å². The SMILES string of the molecule is N#C[C@@H]1[C@H](O)[C@@H](n2cnc3c(=O)[nH]c(N)nc32)O[C@H]1CO. The van der Waals surface area contributed by atoms with Gasteiger partial charge in [-0.3, -0.25) is 14.3 Å². The van der Waals surface area contributed by atoms with E-state index in [4.69, 9.17) is 15.7 Å². The van der Waals surface area contributed by atoms with E-state index in [-0.39, 0.29) is 17.1 Å². The van der Waals surface area contributed by atoms with E-state index in [1.54, 1.807) is 0 Å². The quantitative estimate of drug-likeness (QED) is 0.498. The van der Waals surface area contributed by atoms with Gasteiger partial charge in [0.15, 0.2) is 17.4 Å². The lowest BCUT2D eigenvalue weighted by Gasteiger charge is -2.16. The normalized spacial score (nSPS) is 28.8. The molecule has 0 aromatic carbocycles. The maximum Gasteiger partial charge on any atom is 0.280 e. The Balaban J connectivity index is 2.10. The first-order chi connectivity index (χ1) is 10.1. The molecule has 0 amide bonds. The molecule has 10 nitrogen and oxygen atoms in total. The van der Waals surface area contributed by atoms with Gasteiger partial charge in [-0.15, -0.1) is 0 Å². The number of aliphatic hydroxyl groups is 2. The van der Waals surface area contributed by atoms with Crippen molar-refractivity contribution in [1.82, 2.24) is 19.5 Å². The van der Waals surface area contributed by atoms with E-state index in [1.165, 1.54) is 10.9 Å². The third-order valence-electron chi connectivity index (χ3n) is 3.43. The van der Waals surface area contributed by atoms with Crippen LogP contribution in [0.3, 0.4) is 0 Å². The highest BCUT2D eigenvalue weighted by molar-refractivity contribution is 5.70. The van der Waals surface area contributed by atoms with E-state index in [0.29, 0.717) is 0 Å². The molecule has 0 saturated carbocycles. The molecule has 1 aliphatic rings. The maximum absolute atomic E-state index is 11.7. The molecule has 10 heteroatoms. The van der Waals surface area contributed by atoms with Crippen molar-refractivity contribution in [2.24, 2.45) is 5.92 Å². The zero-order valence-corrected chi connectivity index (χ0v) is 10.7. The molecule has 21 heavy (non-hydrogen) atoms. The second-order valence-electron chi connectivity index (χ2n) is 4.67. The molecule has 110 valence electrons. The number of H-pyrrole nitrogens is 1. The molecule has 1 fully saturated rings. The second-order valence-corrected chi connectivity index (χ2v) is 4.67. The molecule has 0 unspecified atom stereocenters. The number of ether oxygens (including phenoxy) is 1. The number of aliphatic hydroxyl groups excluding tert-OH is 2. The van der Waals surface area contributed by atoms with Gasteiger partial charge in [-0.05, 0) is 0 Å². The van der Waals surface area contributed by atoms with Crippen molar-refractivity contribution in [1.29, 1.82) is 5.26 Å².